The summed E-state index contributed by atoms with van der Waals surface area (Å²) in [6, 6.07) is 0. The summed E-state index contributed by atoms with van der Waals surface area (Å²) in [5.74, 6) is 0.0140. The molecule has 0 bridgehead atoms. The van der Waals surface area contributed by atoms with E-state index in [-0.39, 0.29) is 12.3 Å². The first-order valence-electron chi connectivity index (χ1n) is 8.66. The van der Waals surface area contributed by atoms with Crippen LogP contribution in [0.5, 0.6) is 0 Å². The van der Waals surface area contributed by atoms with Crippen molar-refractivity contribution in [3.8, 4) is 0 Å². The summed E-state index contributed by atoms with van der Waals surface area (Å²) in [7, 11) is 0. The van der Waals surface area contributed by atoms with Crippen molar-refractivity contribution in [1.82, 2.24) is 0 Å². The van der Waals surface area contributed by atoms with Crippen LogP contribution in [0.15, 0.2) is 0 Å². The summed E-state index contributed by atoms with van der Waals surface area (Å²) in [5, 5.41) is 9.27. The Hall–Kier alpha value is -0.250. The van der Waals surface area contributed by atoms with Crippen molar-refractivity contribution in [3.63, 3.8) is 0 Å². The van der Waals surface area contributed by atoms with Crippen molar-refractivity contribution >= 4 is 0 Å². The fourth-order valence-corrected chi connectivity index (χ4v) is 2.73. The minimum absolute atomic E-state index is 0.0140. The fourth-order valence-electron chi connectivity index (χ4n) is 2.73. The van der Waals surface area contributed by atoms with Gasteiger partial charge in [0, 0.05) is 0 Å². The molecule has 0 aliphatic rings. The number of halogens is 3. The highest BCUT2D eigenvalue weighted by Crippen LogP contribution is 2.29. The van der Waals surface area contributed by atoms with Gasteiger partial charge in [-0.1, -0.05) is 84.5 Å². The van der Waals surface area contributed by atoms with Crippen molar-refractivity contribution in [2.24, 2.45) is 5.92 Å². The maximum absolute atomic E-state index is 12.5. The van der Waals surface area contributed by atoms with E-state index in [1.54, 1.807) is 0 Å². The van der Waals surface area contributed by atoms with Crippen LogP contribution in [0.2, 0.25) is 0 Å². The van der Waals surface area contributed by atoms with Gasteiger partial charge in [-0.05, 0) is 12.3 Å². The highest BCUT2D eigenvalue weighted by molar-refractivity contribution is 4.71. The third-order valence-electron chi connectivity index (χ3n) is 4.12. The molecular weight excluding hydrogens is 277 g/mol. The quantitative estimate of drug-likeness (QED) is 0.399. The molecule has 0 saturated carbocycles. The molecule has 0 aromatic rings. The summed E-state index contributed by atoms with van der Waals surface area (Å²) in [4.78, 5) is 0. The summed E-state index contributed by atoms with van der Waals surface area (Å²) in [6.45, 7) is 4.27. The largest absolute Gasteiger partial charge is 0.414 e. The highest BCUT2D eigenvalue weighted by atomic mass is 19.4. The molecule has 0 spiro atoms. The third-order valence-corrected chi connectivity index (χ3v) is 4.12. The van der Waals surface area contributed by atoms with Gasteiger partial charge in [-0.3, -0.25) is 0 Å². The molecule has 21 heavy (non-hydrogen) atoms. The first-order valence-corrected chi connectivity index (χ1v) is 8.66. The van der Waals surface area contributed by atoms with E-state index in [0.717, 1.165) is 51.4 Å². The Bertz CT molecular complexity index is 229. The molecule has 0 saturated heterocycles. The predicted molar refractivity (Wildman–Crippen MR) is 82.3 cm³/mol. The summed E-state index contributed by atoms with van der Waals surface area (Å²) in [6.07, 6.45) is 4.88. The van der Waals surface area contributed by atoms with Gasteiger partial charge in [0.05, 0.1) is 0 Å². The van der Waals surface area contributed by atoms with Gasteiger partial charge >= 0.3 is 6.18 Å². The van der Waals surface area contributed by atoms with Crippen LogP contribution in [0.4, 0.5) is 13.2 Å². The maximum atomic E-state index is 12.5. The van der Waals surface area contributed by atoms with Gasteiger partial charge in [-0.15, -0.1) is 0 Å². The van der Waals surface area contributed by atoms with E-state index in [4.69, 9.17) is 0 Å². The lowest BCUT2D eigenvalue weighted by atomic mass is 9.89. The van der Waals surface area contributed by atoms with Crippen molar-refractivity contribution in [1.29, 1.82) is 0 Å². The molecule has 1 N–H and O–H groups in total. The van der Waals surface area contributed by atoms with E-state index in [9.17, 15) is 18.3 Å². The average molecular weight is 310 g/mol. The topological polar surface area (TPSA) is 20.2 Å². The van der Waals surface area contributed by atoms with E-state index < -0.39 is 12.3 Å². The number of aliphatic hydroxyl groups is 1. The third kappa shape index (κ3) is 12.0. The van der Waals surface area contributed by atoms with Crippen LogP contribution in [0.25, 0.3) is 0 Å². The molecule has 1 nitrogen and oxygen atoms in total. The zero-order valence-electron chi connectivity index (χ0n) is 13.7. The molecule has 0 amide bonds. The van der Waals surface area contributed by atoms with Crippen molar-refractivity contribution in [2.45, 2.75) is 103 Å². The minimum Gasteiger partial charge on any atom is -0.384 e. The van der Waals surface area contributed by atoms with Crippen LogP contribution in [0.1, 0.15) is 90.9 Å². The second-order valence-electron chi connectivity index (χ2n) is 6.21. The van der Waals surface area contributed by atoms with Gasteiger partial charge in [-0.25, -0.2) is 0 Å². The number of alkyl halides is 3. The number of hydrogen-bond donors (Lipinski definition) is 1. The van der Waals surface area contributed by atoms with Crippen LogP contribution >= 0.6 is 0 Å². The smallest absolute Gasteiger partial charge is 0.384 e. The van der Waals surface area contributed by atoms with E-state index in [1.807, 2.05) is 0 Å². The van der Waals surface area contributed by atoms with Crippen molar-refractivity contribution < 1.29 is 18.3 Å². The van der Waals surface area contributed by atoms with Crippen LogP contribution < -0.4 is 0 Å². The summed E-state index contributed by atoms with van der Waals surface area (Å²) < 4.78 is 37.5. The Kier molecular flexibility index (Phi) is 12.2. The number of rotatable bonds is 13. The van der Waals surface area contributed by atoms with E-state index in [2.05, 4.69) is 13.8 Å². The van der Waals surface area contributed by atoms with Crippen molar-refractivity contribution in [3.05, 3.63) is 0 Å². The summed E-state index contributed by atoms with van der Waals surface area (Å²) in [5.41, 5.74) is 0. The molecule has 0 heterocycles. The Balaban J connectivity index is 4.08. The molecule has 0 aromatic heterocycles. The molecule has 0 rings (SSSR count). The van der Waals surface area contributed by atoms with Gasteiger partial charge < -0.3 is 5.11 Å². The molecular formula is C17H33F3O. The molecule has 0 radical (unpaired) electrons. The molecule has 1 unspecified atom stereocenters. The van der Waals surface area contributed by atoms with Crippen LogP contribution in [0.3, 0.4) is 0 Å². The van der Waals surface area contributed by atoms with Gasteiger partial charge in [0.1, 0.15) is 6.10 Å². The monoisotopic (exact) mass is 310 g/mol. The number of unbranched alkanes of at least 4 members (excludes halogenated alkanes) is 7. The summed E-state index contributed by atoms with van der Waals surface area (Å²) >= 11 is 0. The lowest BCUT2D eigenvalue weighted by Gasteiger charge is -2.22. The zero-order valence-corrected chi connectivity index (χ0v) is 13.7. The standard InChI is InChI=1S/C17H33F3O/c1-3-5-7-9-11-13-15(12-10-8-6-4-2)14-16(21)17(18,19)20/h15-16,21H,3-14H2,1-2H3/t15?,16-/m1/s1. The Morgan fingerprint density at radius 2 is 1.19 bits per heavy atom. The minimum atomic E-state index is -4.47. The van der Waals surface area contributed by atoms with Crippen LogP contribution in [0, 0.1) is 5.92 Å². The lowest BCUT2D eigenvalue weighted by Crippen LogP contribution is -2.30. The molecule has 0 aliphatic heterocycles. The van der Waals surface area contributed by atoms with E-state index in [0.29, 0.717) is 0 Å². The first-order chi connectivity index (χ1) is 9.91. The lowest BCUT2D eigenvalue weighted by molar-refractivity contribution is -0.208. The number of aliphatic hydroxyl groups excluding tert-OH is 1. The Morgan fingerprint density at radius 3 is 1.62 bits per heavy atom. The Morgan fingerprint density at radius 1 is 0.762 bits per heavy atom. The van der Waals surface area contributed by atoms with Gasteiger partial charge in [0.15, 0.2) is 0 Å². The van der Waals surface area contributed by atoms with Gasteiger partial charge in [0.25, 0.3) is 0 Å². The van der Waals surface area contributed by atoms with E-state index in [1.165, 1.54) is 19.3 Å². The van der Waals surface area contributed by atoms with Crippen molar-refractivity contribution in [2.75, 3.05) is 0 Å². The first kappa shape index (κ1) is 20.8. The van der Waals surface area contributed by atoms with E-state index >= 15 is 0 Å². The molecule has 0 aliphatic carbocycles. The van der Waals surface area contributed by atoms with Gasteiger partial charge in [0.2, 0.25) is 0 Å². The molecule has 2 atom stereocenters. The van der Waals surface area contributed by atoms with Gasteiger partial charge in [-0.2, -0.15) is 13.2 Å². The fraction of sp³-hybridized carbons (Fsp3) is 1.00. The Labute approximate surface area is 128 Å². The van der Waals surface area contributed by atoms with Crippen LogP contribution in [-0.2, 0) is 0 Å². The predicted octanol–water partition coefficient (Wildman–Crippen LogP) is 6.25. The molecule has 128 valence electrons. The second kappa shape index (κ2) is 12.3. The maximum Gasteiger partial charge on any atom is 0.414 e. The second-order valence-corrected chi connectivity index (χ2v) is 6.21. The SMILES string of the molecule is CCCCCCCC(CCCCCC)C[C@@H](O)C(F)(F)F. The highest BCUT2D eigenvalue weighted by Gasteiger charge is 2.39. The molecule has 0 aromatic carbocycles. The van der Waals surface area contributed by atoms with Crippen LogP contribution in [-0.4, -0.2) is 17.4 Å². The molecule has 0 fully saturated rings. The number of hydrogen-bond acceptors (Lipinski definition) is 1. The average Bonchev–Trinajstić information content (AvgIpc) is 2.41. The zero-order chi connectivity index (χ0) is 16.1. The molecule has 4 heteroatoms. The normalized spacial score (nSPS) is 15.1.